The smallest absolute Gasteiger partial charge is 0.310 e. The molecule has 0 bridgehead atoms. The molecular formula is C14H20ClNO2. The summed E-state index contributed by atoms with van der Waals surface area (Å²) in [6, 6.07) is 6.40. The first kappa shape index (κ1) is 15.0. The van der Waals surface area contributed by atoms with Gasteiger partial charge in [-0.15, -0.1) is 12.4 Å². The van der Waals surface area contributed by atoms with Gasteiger partial charge in [-0.25, -0.2) is 0 Å². The Labute approximate surface area is 114 Å². The number of hydrogen-bond acceptors (Lipinski definition) is 3. The lowest BCUT2D eigenvalue weighted by Crippen LogP contribution is -2.28. The molecule has 1 aromatic carbocycles. The summed E-state index contributed by atoms with van der Waals surface area (Å²) in [6.45, 7) is 2.27. The second-order valence-electron chi connectivity index (χ2n) is 4.54. The zero-order valence-electron chi connectivity index (χ0n) is 10.6. The first-order chi connectivity index (χ1) is 8.20. The fourth-order valence-electron chi connectivity index (χ4n) is 2.45. The Bertz CT molecular complexity index is 420. The lowest BCUT2D eigenvalue weighted by molar-refractivity contribution is -0.142. The van der Waals surface area contributed by atoms with E-state index in [-0.39, 0.29) is 24.4 Å². The van der Waals surface area contributed by atoms with Gasteiger partial charge in [-0.3, -0.25) is 4.79 Å². The molecule has 4 heteroatoms. The summed E-state index contributed by atoms with van der Waals surface area (Å²) < 4.78 is 4.99. The molecule has 1 unspecified atom stereocenters. The van der Waals surface area contributed by atoms with Crippen LogP contribution in [0, 0.1) is 0 Å². The van der Waals surface area contributed by atoms with Crippen molar-refractivity contribution in [2.75, 3.05) is 6.61 Å². The van der Waals surface area contributed by atoms with Crippen molar-refractivity contribution in [3.8, 4) is 0 Å². The first-order valence-electron chi connectivity index (χ1n) is 6.21. The predicted octanol–water partition coefficient (Wildman–Crippen LogP) is 2.03. The molecule has 1 aliphatic rings. The Balaban J connectivity index is 0.00000162. The quantitative estimate of drug-likeness (QED) is 0.855. The molecule has 1 aromatic rings. The summed E-state index contributed by atoms with van der Waals surface area (Å²) in [4.78, 5) is 11.5. The molecular weight excluding hydrogens is 250 g/mol. The van der Waals surface area contributed by atoms with Crippen LogP contribution >= 0.6 is 12.4 Å². The topological polar surface area (TPSA) is 52.3 Å². The van der Waals surface area contributed by atoms with Crippen molar-refractivity contribution in [3.05, 3.63) is 34.9 Å². The van der Waals surface area contributed by atoms with E-state index in [1.165, 1.54) is 11.1 Å². The molecule has 0 aromatic heterocycles. The molecule has 0 heterocycles. The molecule has 0 amide bonds. The number of rotatable bonds is 3. The summed E-state index contributed by atoms with van der Waals surface area (Å²) in [5, 5.41) is 0. The Morgan fingerprint density at radius 2 is 2.28 bits per heavy atom. The minimum absolute atomic E-state index is 0. The Kier molecular flexibility index (Phi) is 5.63. The van der Waals surface area contributed by atoms with Gasteiger partial charge in [0.25, 0.3) is 0 Å². The van der Waals surface area contributed by atoms with Crippen LogP contribution in [0.25, 0.3) is 0 Å². The van der Waals surface area contributed by atoms with Crippen LogP contribution in [0.15, 0.2) is 18.2 Å². The summed E-state index contributed by atoms with van der Waals surface area (Å²) in [5.41, 5.74) is 9.67. The van der Waals surface area contributed by atoms with Crippen LogP contribution < -0.4 is 5.73 Å². The molecule has 1 atom stereocenters. The van der Waals surface area contributed by atoms with Gasteiger partial charge in [-0.2, -0.15) is 0 Å². The SMILES string of the molecule is CCOC(=O)Cc1cccc2c1CCC(N)C2.Cl. The average Bonchev–Trinajstić information content (AvgIpc) is 2.29. The van der Waals surface area contributed by atoms with Crippen LogP contribution in [0.3, 0.4) is 0 Å². The number of nitrogens with two attached hydrogens (primary N) is 1. The van der Waals surface area contributed by atoms with E-state index in [2.05, 4.69) is 6.07 Å². The van der Waals surface area contributed by atoms with Gasteiger partial charge in [0.05, 0.1) is 13.0 Å². The van der Waals surface area contributed by atoms with Crippen molar-refractivity contribution >= 4 is 18.4 Å². The summed E-state index contributed by atoms with van der Waals surface area (Å²) >= 11 is 0. The van der Waals surface area contributed by atoms with Gasteiger partial charge < -0.3 is 10.5 Å². The van der Waals surface area contributed by atoms with Crippen LogP contribution in [0.1, 0.15) is 30.0 Å². The Hall–Kier alpha value is -1.06. The number of benzene rings is 1. The van der Waals surface area contributed by atoms with Gasteiger partial charge >= 0.3 is 5.97 Å². The number of fused-ring (bicyclic) bond motifs is 1. The van der Waals surface area contributed by atoms with Crippen molar-refractivity contribution in [2.24, 2.45) is 5.73 Å². The molecule has 2 N–H and O–H groups in total. The lowest BCUT2D eigenvalue weighted by atomic mass is 9.85. The van der Waals surface area contributed by atoms with Crippen molar-refractivity contribution < 1.29 is 9.53 Å². The fourth-order valence-corrected chi connectivity index (χ4v) is 2.45. The predicted molar refractivity (Wildman–Crippen MR) is 74.0 cm³/mol. The maximum Gasteiger partial charge on any atom is 0.310 e. The number of ether oxygens (including phenoxy) is 1. The number of hydrogen-bond donors (Lipinski definition) is 1. The minimum atomic E-state index is -0.143. The Morgan fingerprint density at radius 1 is 1.50 bits per heavy atom. The monoisotopic (exact) mass is 269 g/mol. The van der Waals surface area contributed by atoms with E-state index in [0.717, 1.165) is 24.8 Å². The summed E-state index contributed by atoms with van der Waals surface area (Å²) in [7, 11) is 0. The van der Waals surface area contributed by atoms with E-state index >= 15 is 0 Å². The average molecular weight is 270 g/mol. The van der Waals surface area contributed by atoms with Gasteiger partial charge in [0.1, 0.15) is 0 Å². The van der Waals surface area contributed by atoms with Gasteiger partial charge in [0.2, 0.25) is 0 Å². The molecule has 0 saturated heterocycles. The van der Waals surface area contributed by atoms with Crippen LogP contribution in [-0.2, 0) is 28.8 Å². The van der Waals surface area contributed by atoms with E-state index in [0.29, 0.717) is 13.0 Å². The van der Waals surface area contributed by atoms with E-state index in [4.69, 9.17) is 10.5 Å². The van der Waals surface area contributed by atoms with Crippen molar-refractivity contribution in [1.29, 1.82) is 0 Å². The molecule has 100 valence electrons. The highest BCUT2D eigenvalue weighted by Gasteiger charge is 2.19. The summed E-state index contributed by atoms with van der Waals surface area (Å²) in [5.74, 6) is -0.143. The summed E-state index contributed by atoms with van der Waals surface area (Å²) in [6.07, 6.45) is 3.29. The van der Waals surface area contributed by atoms with Crippen LogP contribution in [-0.4, -0.2) is 18.6 Å². The van der Waals surface area contributed by atoms with Gasteiger partial charge in [-0.05, 0) is 42.9 Å². The van der Waals surface area contributed by atoms with Gasteiger partial charge in [0.15, 0.2) is 0 Å². The minimum Gasteiger partial charge on any atom is -0.466 e. The number of esters is 1. The number of carbonyl (C=O) groups excluding carboxylic acids is 1. The second kappa shape index (κ2) is 6.76. The van der Waals surface area contributed by atoms with Gasteiger partial charge in [0, 0.05) is 6.04 Å². The maximum atomic E-state index is 11.5. The third kappa shape index (κ3) is 3.47. The standard InChI is InChI=1S/C14H19NO2.ClH/c1-2-17-14(16)9-11-5-3-4-10-8-12(15)6-7-13(10)11;/h3-5,12H,2,6-9,15H2,1H3;1H. The molecule has 0 radical (unpaired) electrons. The van der Waals surface area contributed by atoms with E-state index in [1.54, 1.807) is 0 Å². The van der Waals surface area contributed by atoms with Crippen LogP contribution in [0.2, 0.25) is 0 Å². The number of carbonyl (C=O) groups is 1. The highest BCUT2D eigenvalue weighted by molar-refractivity contribution is 5.85. The maximum absolute atomic E-state index is 11.5. The molecule has 3 nitrogen and oxygen atoms in total. The van der Waals surface area contributed by atoms with Crippen molar-refractivity contribution in [2.45, 2.75) is 38.6 Å². The van der Waals surface area contributed by atoms with Crippen LogP contribution in [0.5, 0.6) is 0 Å². The second-order valence-corrected chi connectivity index (χ2v) is 4.54. The lowest BCUT2D eigenvalue weighted by Gasteiger charge is -2.23. The third-order valence-electron chi connectivity index (χ3n) is 3.26. The number of halogens is 1. The van der Waals surface area contributed by atoms with Crippen molar-refractivity contribution in [1.82, 2.24) is 0 Å². The Morgan fingerprint density at radius 3 is 3.00 bits per heavy atom. The van der Waals surface area contributed by atoms with E-state index in [1.807, 2.05) is 19.1 Å². The van der Waals surface area contributed by atoms with E-state index in [9.17, 15) is 4.79 Å². The molecule has 2 rings (SSSR count). The van der Waals surface area contributed by atoms with Crippen LogP contribution in [0.4, 0.5) is 0 Å². The fraction of sp³-hybridized carbons (Fsp3) is 0.500. The van der Waals surface area contributed by atoms with Gasteiger partial charge in [-0.1, -0.05) is 18.2 Å². The molecule has 0 fully saturated rings. The zero-order chi connectivity index (χ0) is 12.3. The normalized spacial score (nSPS) is 17.6. The first-order valence-corrected chi connectivity index (χ1v) is 6.21. The molecule has 0 saturated carbocycles. The highest BCUT2D eigenvalue weighted by Crippen LogP contribution is 2.24. The molecule has 0 spiro atoms. The largest absolute Gasteiger partial charge is 0.466 e. The molecule has 1 aliphatic carbocycles. The molecule has 18 heavy (non-hydrogen) atoms. The third-order valence-corrected chi connectivity index (χ3v) is 3.26. The van der Waals surface area contributed by atoms with E-state index < -0.39 is 0 Å². The zero-order valence-corrected chi connectivity index (χ0v) is 11.5. The van der Waals surface area contributed by atoms with Crippen molar-refractivity contribution in [3.63, 3.8) is 0 Å². The molecule has 0 aliphatic heterocycles. The highest BCUT2D eigenvalue weighted by atomic mass is 35.5.